The predicted octanol–water partition coefficient (Wildman–Crippen LogP) is 2.08. The van der Waals surface area contributed by atoms with Gasteiger partial charge >= 0.3 is 0 Å². The van der Waals surface area contributed by atoms with E-state index < -0.39 is 0 Å². The van der Waals surface area contributed by atoms with Crippen molar-refractivity contribution in [2.75, 3.05) is 16.8 Å². The molecule has 1 aromatic rings. The lowest BCUT2D eigenvalue weighted by atomic mass is 10.00. The molecule has 4 nitrogen and oxygen atoms in total. The molecule has 0 aliphatic carbocycles. The molecule has 0 fully saturated rings. The molecule has 0 bridgehead atoms. The first-order valence-corrected chi connectivity index (χ1v) is 5.22. The smallest absolute Gasteiger partial charge is 0.224 e. The second kappa shape index (κ2) is 3.61. The van der Waals surface area contributed by atoms with Crippen molar-refractivity contribution in [3.63, 3.8) is 0 Å². The van der Waals surface area contributed by atoms with Gasteiger partial charge in [-0.2, -0.15) is 0 Å². The number of nitrogens with zero attached hydrogens (tertiary/aromatic N) is 1. The van der Waals surface area contributed by atoms with Gasteiger partial charge in [-0.3, -0.25) is 4.79 Å². The van der Waals surface area contributed by atoms with E-state index in [1.54, 1.807) is 13.2 Å². The Bertz CT molecular complexity index is 370. The standard InChI is InChI=1S/C11H16N2O2/c1-7(2)10-6-12-11-9(4-5-15-11)13(10)8(3)14/h4-5,7,10,12H,6H2,1-3H3/t10-/m1/s1. The van der Waals surface area contributed by atoms with Gasteiger partial charge in [0, 0.05) is 19.5 Å². The van der Waals surface area contributed by atoms with Crippen molar-refractivity contribution in [3.8, 4) is 0 Å². The van der Waals surface area contributed by atoms with Crippen molar-refractivity contribution in [1.29, 1.82) is 0 Å². The largest absolute Gasteiger partial charge is 0.447 e. The van der Waals surface area contributed by atoms with Crippen LogP contribution in [0.2, 0.25) is 0 Å². The number of nitrogens with one attached hydrogen (secondary N) is 1. The summed E-state index contributed by atoms with van der Waals surface area (Å²) in [5, 5.41) is 3.20. The van der Waals surface area contributed by atoms with E-state index in [0.717, 1.165) is 12.2 Å². The average molecular weight is 208 g/mol. The van der Waals surface area contributed by atoms with Crippen LogP contribution < -0.4 is 10.2 Å². The molecule has 0 unspecified atom stereocenters. The second-order valence-electron chi connectivity index (χ2n) is 4.22. The molecular weight excluding hydrogens is 192 g/mol. The van der Waals surface area contributed by atoms with Gasteiger partial charge in [-0.25, -0.2) is 0 Å². The number of hydrogen-bond acceptors (Lipinski definition) is 3. The molecule has 1 aliphatic rings. The lowest BCUT2D eigenvalue weighted by Crippen LogP contribution is -2.49. The number of carbonyl (C=O) groups excluding carboxylic acids is 1. The fraction of sp³-hybridized carbons (Fsp3) is 0.545. The zero-order chi connectivity index (χ0) is 11.0. The van der Waals surface area contributed by atoms with Crippen molar-refractivity contribution in [2.45, 2.75) is 26.8 Å². The number of anilines is 2. The first-order valence-electron chi connectivity index (χ1n) is 5.22. The Balaban J connectivity index is 2.38. The maximum atomic E-state index is 11.6. The molecule has 0 saturated heterocycles. The van der Waals surface area contributed by atoms with Crippen molar-refractivity contribution < 1.29 is 9.21 Å². The summed E-state index contributed by atoms with van der Waals surface area (Å²) in [6.07, 6.45) is 1.61. The molecule has 1 amide bonds. The highest BCUT2D eigenvalue weighted by Gasteiger charge is 2.32. The van der Waals surface area contributed by atoms with E-state index in [0.29, 0.717) is 11.8 Å². The average Bonchev–Trinajstić information content (AvgIpc) is 2.62. The van der Waals surface area contributed by atoms with Gasteiger partial charge in [0.25, 0.3) is 0 Å². The molecule has 1 aliphatic heterocycles. The molecular formula is C11H16N2O2. The normalized spacial score (nSPS) is 20.0. The molecule has 0 radical (unpaired) electrons. The van der Waals surface area contributed by atoms with Crippen LogP contribution in [0.15, 0.2) is 16.7 Å². The van der Waals surface area contributed by atoms with Gasteiger partial charge in [0.15, 0.2) is 0 Å². The maximum Gasteiger partial charge on any atom is 0.224 e. The summed E-state index contributed by atoms with van der Waals surface area (Å²) in [6, 6.07) is 2.03. The number of carbonyl (C=O) groups is 1. The van der Waals surface area contributed by atoms with Crippen LogP contribution >= 0.6 is 0 Å². The number of furan rings is 1. The Morgan fingerprint density at radius 2 is 2.40 bits per heavy atom. The monoisotopic (exact) mass is 208 g/mol. The highest BCUT2D eigenvalue weighted by atomic mass is 16.3. The Morgan fingerprint density at radius 1 is 1.67 bits per heavy atom. The summed E-state index contributed by atoms with van der Waals surface area (Å²) in [6.45, 7) is 6.58. The third kappa shape index (κ3) is 1.60. The Labute approximate surface area is 89.2 Å². The van der Waals surface area contributed by atoms with E-state index >= 15 is 0 Å². The van der Waals surface area contributed by atoms with Crippen LogP contribution in [0.1, 0.15) is 20.8 Å². The summed E-state index contributed by atoms with van der Waals surface area (Å²) in [4.78, 5) is 13.5. The van der Waals surface area contributed by atoms with E-state index in [4.69, 9.17) is 4.42 Å². The lowest BCUT2D eigenvalue weighted by Gasteiger charge is -2.37. The minimum Gasteiger partial charge on any atom is -0.447 e. The van der Waals surface area contributed by atoms with Crippen molar-refractivity contribution in [1.82, 2.24) is 0 Å². The molecule has 15 heavy (non-hydrogen) atoms. The van der Waals surface area contributed by atoms with Crippen LogP contribution in [0, 0.1) is 5.92 Å². The molecule has 0 saturated carbocycles. The number of hydrogen-bond donors (Lipinski definition) is 1. The summed E-state index contributed by atoms with van der Waals surface area (Å²) >= 11 is 0. The summed E-state index contributed by atoms with van der Waals surface area (Å²) < 4.78 is 5.26. The van der Waals surface area contributed by atoms with Crippen molar-refractivity contribution >= 4 is 17.5 Å². The molecule has 1 aromatic heterocycles. The van der Waals surface area contributed by atoms with Crippen LogP contribution in [0.5, 0.6) is 0 Å². The quantitative estimate of drug-likeness (QED) is 0.768. The molecule has 4 heteroatoms. The summed E-state index contributed by atoms with van der Waals surface area (Å²) in [5.74, 6) is 1.18. The minimum atomic E-state index is 0.0675. The predicted molar refractivity (Wildman–Crippen MR) is 59.0 cm³/mol. The highest BCUT2D eigenvalue weighted by molar-refractivity contribution is 5.95. The van der Waals surface area contributed by atoms with E-state index in [1.807, 2.05) is 11.0 Å². The fourth-order valence-corrected chi connectivity index (χ4v) is 2.03. The molecule has 1 atom stereocenters. The highest BCUT2D eigenvalue weighted by Crippen LogP contribution is 2.34. The van der Waals surface area contributed by atoms with E-state index in [1.165, 1.54) is 0 Å². The van der Waals surface area contributed by atoms with Crippen LogP contribution in [0.25, 0.3) is 0 Å². The van der Waals surface area contributed by atoms with Crippen LogP contribution in [-0.4, -0.2) is 18.5 Å². The van der Waals surface area contributed by atoms with Crippen molar-refractivity contribution in [2.24, 2.45) is 5.92 Å². The Hall–Kier alpha value is -1.45. The van der Waals surface area contributed by atoms with E-state index in [2.05, 4.69) is 19.2 Å². The number of rotatable bonds is 1. The van der Waals surface area contributed by atoms with Gasteiger partial charge in [-0.1, -0.05) is 13.8 Å². The first-order chi connectivity index (χ1) is 7.11. The number of amides is 1. The topological polar surface area (TPSA) is 45.5 Å². The van der Waals surface area contributed by atoms with Crippen LogP contribution in [0.4, 0.5) is 11.6 Å². The molecule has 0 aromatic carbocycles. The molecule has 2 rings (SSSR count). The van der Waals surface area contributed by atoms with Crippen LogP contribution in [0.3, 0.4) is 0 Å². The number of fused-ring (bicyclic) bond motifs is 1. The molecule has 82 valence electrons. The van der Waals surface area contributed by atoms with E-state index in [-0.39, 0.29) is 11.9 Å². The Morgan fingerprint density at radius 3 is 3.00 bits per heavy atom. The molecule has 0 spiro atoms. The van der Waals surface area contributed by atoms with E-state index in [9.17, 15) is 4.79 Å². The Kier molecular flexibility index (Phi) is 2.42. The summed E-state index contributed by atoms with van der Waals surface area (Å²) in [7, 11) is 0. The maximum absolute atomic E-state index is 11.6. The zero-order valence-corrected chi connectivity index (χ0v) is 9.28. The fourth-order valence-electron chi connectivity index (χ4n) is 2.03. The summed E-state index contributed by atoms with van der Waals surface area (Å²) in [5.41, 5.74) is 0.854. The van der Waals surface area contributed by atoms with Gasteiger partial charge in [-0.15, -0.1) is 0 Å². The van der Waals surface area contributed by atoms with Gasteiger partial charge in [0.2, 0.25) is 11.8 Å². The minimum absolute atomic E-state index is 0.0675. The van der Waals surface area contributed by atoms with Gasteiger partial charge in [0.1, 0.15) is 5.69 Å². The third-order valence-electron chi connectivity index (χ3n) is 2.82. The SMILES string of the molecule is CC(=O)N1c2ccoc2NC[C@@H]1C(C)C. The van der Waals surface area contributed by atoms with Gasteiger partial charge in [-0.05, 0) is 5.92 Å². The first kappa shape index (κ1) is 10.1. The van der Waals surface area contributed by atoms with Gasteiger partial charge < -0.3 is 14.6 Å². The second-order valence-corrected chi connectivity index (χ2v) is 4.22. The zero-order valence-electron chi connectivity index (χ0n) is 9.28. The molecule has 2 heterocycles. The van der Waals surface area contributed by atoms with Crippen LogP contribution in [-0.2, 0) is 4.79 Å². The molecule has 1 N–H and O–H groups in total. The van der Waals surface area contributed by atoms with Crippen molar-refractivity contribution in [3.05, 3.63) is 12.3 Å². The lowest BCUT2D eigenvalue weighted by molar-refractivity contribution is -0.117. The third-order valence-corrected chi connectivity index (χ3v) is 2.82. The van der Waals surface area contributed by atoms with Gasteiger partial charge in [0.05, 0.1) is 12.3 Å².